The highest BCUT2D eigenvalue weighted by molar-refractivity contribution is 5.44. The number of rotatable bonds is 9. The summed E-state index contributed by atoms with van der Waals surface area (Å²) in [6.07, 6.45) is 2.72. The summed E-state index contributed by atoms with van der Waals surface area (Å²) in [5.41, 5.74) is 1.18. The van der Waals surface area contributed by atoms with Crippen molar-refractivity contribution < 1.29 is 14.2 Å². The van der Waals surface area contributed by atoms with Crippen molar-refractivity contribution in [1.82, 2.24) is 5.32 Å². The van der Waals surface area contributed by atoms with Crippen molar-refractivity contribution in [3.8, 4) is 11.5 Å². The number of benzene rings is 1. The van der Waals surface area contributed by atoms with Gasteiger partial charge >= 0.3 is 0 Å². The van der Waals surface area contributed by atoms with Crippen molar-refractivity contribution in [2.45, 2.75) is 38.8 Å². The van der Waals surface area contributed by atoms with E-state index >= 15 is 0 Å². The lowest BCUT2D eigenvalue weighted by atomic mass is 9.97. The Morgan fingerprint density at radius 1 is 1.14 bits per heavy atom. The van der Waals surface area contributed by atoms with Gasteiger partial charge in [0.2, 0.25) is 0 Å². The van der Waals surface area contributed by atoms with E-state index in [-0.39, 0.29) is 12.1 Å². The van der Waals surface area contributed by atoms with Gasteiger partial charge in [-0.05, 0) is 57.4 Å². The third-order valence-electron chi connectivity index (χ3n) is 3.92. The molecule has 2 unspecified atom stereocenters. The first kappa shape index (κ1) is 16.1. The first-order valence-corrected chi connectivity index (χ1v) is 7.84. The molecular weight excluding hydrogens is 266 g/mol. The van der Waals surface area contributed by atoms with Gasteiger partial charge in [-0.2, -0.15) is 0 Å². The fraction of sp³-hybridized carbons (Fsp3) is 0.647. The summed E-state index contributed by atoms with van der Waals surface area (Å²) < 4.78 is 17.1. The summed E-state index contributed by atoms with van der Waals surface area (Å²) in [7, 11) is 3.78. The maximum atomic E-state index is 5.72. The molecule has 1 fully saturated rings. The summed E-state index contributed by atoms with van der Waals surface area (Å²) in [6, 6.07) is 6.35. The van der Waals surface area contributed by atoms with Gasteiger partial charge in [0, 0.05) is 7.11 Å². The number of methoxy groups -OCH3 is 1. The predicted octanol–water partition coefficient (Wildman–Crippen LogP) is 3.17. The minimum Gasteiger partial charge on any atom is -0.490 e. The van der Waals surface area contributed by atoms with Crippen LogP contribution >= 0.6 is 0 Å². The maximum absolute atomic E-state index is 5.72. The van der Waals surface area contributed by atoms with Crippen LogP contribution in [-0.2, 0) is 4.74 Å². The number of nitrogens with one attached hydrogen (secondary N) is 1. The van der Waals surface area contributed by atoms with Gasteiger partial charge in [0.15, 0.2) is 11.5 Å². The SMILES string of the molecule is CCOc1ccc(C(NC)C(OC)C2CC2)cc1OCC. The molecule has 1 aliphatic rings. The van der Waals surface area contributed by atoms with Crippen molar-refractivity contribution in [1.29, 1.82) is 0 Å². The fourth-order valence-corrected chi connectivity index (χ4v) is 2.81. The van der Waals surface area contributed by atoms with Crippen LogP contribution in [0, 0.1) is 5.92 Å². The molecule has 1 N–H and O–H groups in total. The molecule has 0 radical (unpaired) electrons. The quantitative estimate of drug-likeness (QED) is 0.759. The smallest absolute Gasteiger partial charge is 0.161 e. The molecule has 1 saturated carbocycles. The zero-order valence-electron chi connectivity index (χ0n) is 13.5. The van der Waals surface area contributed by atoms with E-state index in [1.54, 1.807) is 7.11 Å². The summed E-state index contributed by atoms with van der Waals surface area (Å²) >= 11 is 0. The molecule has 0 saturated heterocycles. The Bertz CT molecular complexity index is 446. The van der Waals surface area contributed by atoms with Crippen molar-refractivity contribution in [3.63, 3.8) is 0 Å². The molecule has 0 spiro atoms. The van der Waals surface area contributed by atoms with Crippen molar-refractivity contribution >= 4 is 0 Å². The molecule has 1 aromatic rings. The first-order chi connectivity index (χ1) is 10.2. The molecule has 0 aliphatic heterocycles. The molecule has 118 valence electrons. The highest BCUT2D eigenvalue weighted by Crippen LogP contribution is 2.41. The highest BCUT2D eigenvalue weighted by atomic mass is 16.5. The zero-order valence-corrected chi connectivity index (χ0v) is 13.5. The van der Waals surface area contributed by atoms with Crippen LogP contribution in [0.5, 0.6) is 11.5 Å². The molecule has 0 amide bonds. The van der Waals surface area contributed by atoms with Crippen molar-refractivity contribution in [3.05, 3.63) is 23.8 Å². The van der Waals surface area contributed by atoms with Crippen LogP contribution in [0.2, 0.25) is 0 Å². The summed E-state index contributed by atoms with van der Waals surface area (Å²) in [5.74, 6) is 2.27. The molecular formula is C17H27NO3. The molecule has 0 heterocycles. The normalized spacial score (nSPS) is 17.3. The summed E-state index contributed by atoms with van der Waals surface area (Å²) in [4.78, 5) is 0. The van der Waals surface area contributed by atoms with E-state index in [0.29, 0.717) is 19.1 Å². The highest BCUT2D eigenvalue weighted by Gasteiger charge is 2.37. The van der Waals surface area contributed by atoms with Crippen LogP contribution in [0.25, 0.3) is 0 Å². The van der Waals surface area contributed by atoms with Gasteiger partial charge < -0.3 is 19.5 Å². The van der Waals surface area contributed by atoms with Crippen LogP contribution in [0.4, 0.5) is 0 Å². The van der Waals surface area contributed by atoms with Crippen molar-refractivity contribution in [2.75, 3.05) is 27.4 Å². The lowest BCUT2D eigenvalue weighted by Crippen LogP contribution is -2.32. The minimum absolute atomic E-state index is 0.178. The Kier molecular flexibility index (Phi) is 5.88. The van der Waals surface area contributed by atoms with Gasteiger partial charge in [-0.25, -0.2) is 0 Å². The predicted molar refractivity (Wildman–Crippen MR) is 84.1 cm³/mol. The Labute approximate surface area is 127 Å². The molecule has 4 heteroatoms. The standard InChI is InChI=1S/C17H27NO3/c1-5-20-14-10-9-13(11-15(14)21-6-2)16(18-3)17(19-4)12-7-8-12/h9-12,16-18H,5-8H2,1-4H3. The molecule has 2 rings (SSSR count). The van der Waals surface area contributed by atoms with E-state index in [0.717, 1.165) is 11.5 Å². The molecule has 0 aromatic heterocycles. The molecule has 4 nitrogen and oxygen atoms in total. The topological polar surface area (TPSA) is 39.7 Å². The average Bonchev–Trinajstić information content (AvgIpc) is 3.31. The second-order valence-electron chi connectivity index (χ2n) is 5.38. The number of hydrogen-bond donors (Lipinski definition) is 1. The maximum Gasteiger partial charge on any atom is 0.161 e. The number of ether oxygens (including phenoxy) is 3. The van der Waals surface area contributed by atoms with Crippen LogP contribution in [0.3, 0.4) is 0 Å². The third kappa shape index (κ3) is 3.89. The van der Waals surface area contributed by atoms with E-state index < -0.39 is 0 Å². The second kappa shape index (κ2) is 7.66. The molecule has 1 aliphatic carbocycles. The van der Waals surface area contributed by atoms with Gasteiger partial charge in [0.1, 0.15) is 0 Å². The molecule has 0 bridgehead atoms. The number of hydrogen-bond acceptors (Lipinski definition) is 4. The third-order valence-corrected chi connectivity index (χ3v) is 3.92. The lowest BCUT2D eigenvalue weighted by Gasteiger charge is -2.27. The Balaban J connectivity index is 2.25. The Morgan fingerprint density at radius 3 is 2.33 bits per heavy atom. The Hall–Kier alpha value is -1.26. The monoisotopic (exact) mass is 293 g/mol. The molecule has 1 aromatic carbocycles. The minimum atomic E-state index is 0.178. The second-order valence-corrected chi connectivity index (χ2v) is 5.38. The van der Waals surface area contributed by atoms with Crippen molar-refractivity contribution in [2.24, 2.45) is 5.92 Å². The van der Waals surface area contributed by atoms with Crippen LogP contribution < -0.4 is 14.8 Å². The number of likely N-dealkylation sites (N-methyl/N-ethyl adjacent to an activating group) is 1. The molecule has 21 heavy (non-hydrogen) atoms. The first-order valence-electron chi connectivity index (χ1n) is 7.84. The van der Waals surface area contributed by atoms with Gasteiger partial charge in [-0.15, -0.1) is 0 Å². The average molecular weight is 293 g/mol. The van der Waals surface area contributed by atoms with E-state index in [1.165, 1.54) is 18.4 Å². The fourth-order valence-electron chi connectivity index (χ4n) is 2.81. The van der Waals surface area contributed by atoms with Gasteiger partial charge in [-0.3, -0.25) is 0 Å². The van der Waals surface area contributed by atoms with E-state index in [9.17, 15) is 0 Å². The van der Waals surface area contributed by atoms with Crippen LogP contribution in [0.15, 0.2) is 18.2 Å². The van der Waals surface area contributed by atoms with Crippen LogP contribution in [0.1, 0.15) is 38.3 Å². The Morgan fingerprint density at radius 2 is 1.81 bits per heavy atom. The van der Waals surface area contributed by atoms with Gasteiger partial charge in [-0.1, -0.05) is 6.07 Å². The molecule has 2 atom stereocenters. The van der Waals surface area contributed by atoms with E-state index in [4.69, 9.17) is 14.2 Å². The van der Waals surface area contributed by atoms with Gasteiger partial charge in [0.25, 0.3) is 0 Å². The zero-order chi connectivity index (χ0) is 15.2. The van der Waals surface area contributed by atoms with E-state index in [2.05, 4.69) is 17.4 Å². The lowest BCUT2D eigenvalue weighted by molar-refractivity contribution is 0.0529. The van der Waals surface area contributed by atoms with Crippen LogP contribution in [-0.4, -0.2) is 33.5 Å². The summed E-state index contributed by atoms with van der Waals surface area (Å²) in [5, 5.41) is 3.39. The largest absolute Gasteiger partial charge is 0.490 e. The van der Waals surface area contributed by atoms with E-state index in [1.807, 2.05) is 27.0 Å². The summed E-state index contributed by atoms with van der Waals surface area (Å²) in [6.45, 7) is 5.23. The van der Waals surface area contributed by atoms with Gasteiger partial charge in [0.05, 0.1) is 25.4 Å².